The molecule has 0 amide bonds. The Morgan fingerprint density at radius 2 is 2.20 bits per heavy atom. The third kappa shape index (κ3) is 2.61. The van der Waals surface area contributed by atoms with Crippen LogP contribution < -0.4 is 5.56 Å². The van der Waals surface area contributed by atoms with Crippen molar-refractivity contribution in [2.45, 2.75) is 19.8 Å². The largest absolute Gasteiger partial charge is 0.481 e. The molecule has 2 N–H and O–H groups in total. The van der Waals surface area contributed by atoms with Gasteiger partial charge in [0.05, 0.1) is 6.42 Å². The molecule has 0 bridgehead atoms. The Hall–Kier alpha value is -1.72. The summed E-state index contributed by atoms with van der Waals surface area (Å²) >= 11 is 0. The van der Waals surface area contributed by atoms with Crippen LogP contribution >= 0.6 is 0 Å². The second-order valence-electron chi connectivity index (χ2n) is 3.08. The van der Waals surface area contributed by atoms with Gasteiger partial charge >= 0.3 is 5.97 Å². The van der Waals surface area contributed by atoms with E-state index in [1.54, 1.807) is 0 Å². The van der Waals surface area contributed by atoms with Crippen LogP contribution in [0.15, 0.2) is 10.9 Å². The van der Waals surface area contributed by atoms with E-state index in [4.69, 9.17) is 5.11 Å². The first-order chi connectivity index (χ1) is 6.91. The van der Waals surface area contributed by atoms with Crippen molar-refractivity contribution in [2.75, 3.05) is 0 Å². The van der Waals surface area contributed by atoms with Gasteiger partial charge in [0, 0.05) is 16.8 Å². The number of hydrogen-bond acceptors (Lipinski definition) is 2. The Balaban J connectivity index is 3.23. The molecule has 0 aliphatic rings. The SMILES string of the molecule is Cc1c(C(F)F)cc(CC(=O)O)[nH]c1=O. The van der Waals surface area contributed by atoms with Crippen molar-refractivity contribution in [1.29, 1.82) is 0 Å². The van der Waals surface area contributed by atoms with Crippen LogP contribution in [-0.2, 0) is 11.2 Å². The lowest BCUT2D eigenvalue weighted by molar-refractivity contribution is -0.136. The highest BCUT2D eigenvalue weighted by molar-refractivity contribution is 5.69. The number of aliphatic carboxylic acids is 1. The normalized spacial score (nSPS) is 10.7. The molecule has 15 heavy (non-hydrogen) atoms. The molecule has 0 aromatic carbocycles. The molecule has 0 saturated heterocycles. The highest BCUT2D eigenvalue weighted by Crippen LogP contribution is 2.20. The van der Waals surface area contributed by atoms with Crippen molar-refractivity contribution in [1.82, 2.24) is 4.98 Å². The minimum Gasteiger partial charge on any atom is -0.481 e. The zero-order chi connectivity index (χ0) is 11.6. The first-order valence-electron chi connectivity index (χ1n) is 4.14. The molecule has 0 spiro atoms. The zero-order valence-electron chi connectivity index (χ0n) is 7.88. The van der Waals surface area contributed by atoms with Gasteiger partial charge in [-0.1, -0.05) is 0 Å². The number of aromatic nitrogens is 1. The molecule has 0 fully saturated rings. The van der Waals surface area contributed by atoms with Crippen LogP contribution in [-0.4, -0.2) is 16.1 Å². The lowest BCUT2D eigenvalue weighted by Gasteiger charge is -2.05. The standard InChI is InChI=1S/C9H9F2NO3/c1-4-6(8(10)11)2-5(3-7(13)14)12-9(4)15/h2,8H,3H2,1H3,(H,12,15)(H,13,14). The van der Waals surface area contributed by atoms with Gasteiger partial charge in [0.2, 0.25) is 0 Å². The van der Waals surface area contributed by atoms with E-state index in [1.165, 1.54) is 6.92 Å². The summed E-state index contributed by atoms with van der Waals surface area (Å²) in [5.41, 5.74) is -1.20. The Kier molecular flexibility index (Phi) is 3.18. The van der Waals surface area contributed by atoms with Crippen LogP contribution in [0.25, 0.3) is 0 Å². The van der Waals surface area contributed by atoms with Gasteiger partial charge < -0.3 is 10.1 Å². The molecule has 4 nitrogen and oxygen atoms in total. The van der Waals surface area contributed by atoms with Gasteiger partial charge in [-0.25, -0.2) is 8.78 Å². The maximum absolute atomic E-state index is 12.4. The fourth-order valence-electron chi connectivity index (χ4n) is 1.19. The van der Waals surface area contributed by atoms with Gasteiger partial charge in [0.1, 0.15) is 0 Å². The Morgan fingerprint density at radius 1 is 1.60 bits per heavy atom. The Bertz CT molecular complexity index is 439. The van der Waals surface area contributed by atoms with Crippen LogP contribution in [0.2, 0.25) is 0 Å². The van der Waals surface area contributed by atoms with Crippen molar-refractivity contribution < 1.29 is 18.7 Å². The topological polar surface area (TPSA) is 70.2 Å². The number of rotatable bonds is 3. The molecule has 82 valence electrons. The first kappa shape index (κ1) is 11.4. The molecule has 6 heteroatoms. The van der Waals surface area contributed by atoms with Crippen LogP contribution in [0.5, 0.6) is 0 Å². The molecule has 0 saturated carbocycles. The number of aromatic amines is 1. The number of alkyl halides is 2. The van der Waals surface area contributed by atoms with E-state index in [2.05, 4.69) is 4.98 Å². The van der Waals surface area contributed by atoms with E-state index < -0.39 is 29.9 Å². The third-order valence-electron chi connectivity index (χ3n) is 1.95. The second kappa shape index (κ2) is 4.20. The lowest BCUT2D eigenvalue weighted by Crippen LogP contribution is -2.17. The Morgan fingerprint density at radius 3 is 2.67 bits per heavy atom. The van der Waals surface area contributed by atoms with Crippen molar-refractivity contribution in [3.05, 3.63) is 33.2 Å². The average Bonchev–Trinajstić information content (AvgIpc) is 2.09. The number of carbonyl (C=O) groups is 1. The molecule has 1 heterocycles. The maximum Gasteiger partial charge on any atom is 0.309 e. The number of halogens is 2. The van der Waals surface area contributed by atoms with Gasteiger partial charge in [0.25, 0.3) is 12.0 Å². The smallest absolute Gasteiger partial charge is 0.309 e. The number of carboxylic acids is 1. The maximum atomic E-state index is 12.4. The summed E-state index contributed by atoms with van der Waals surface area (Å²) < 4.78 is 24.9. The predicted octanol–water partition coefficient (Wildman–Crippen LogP) is 1.25. The summed E-state index contributed by atoms with van der Waals surface area (Å²) in [5.74, 6) is -1.19. The van der Waals surface area contributed by atoms with E-state index in [0.717, 1.165) is 6.07 Å². The van der Waals surface area contributed by atoms with E-state index in [9.17, 15) is 18.4 Å². The van der Waals surface area contributed by atoms with Gasteiger partial charge in [0.15, 0.2) is 0 Å². The second-order valence-corrected chi connectivity index (χ2v) is 3.08. The van der Waals surface area contributed by atoms with Gasteiger partial charge in [-0.05, 0) is 13.0 Å². The van der Waals surface area contributed by atoms with Crippen LogP contribution in [0.1, 0.15) is 23.2 Å². The monoisotopic (exact) mass is 217 g/mol. The minimum absolute atomic E-state index is 0.0200. The van der Waals surface area contributed by atoms with Crippen molar-refractivity contribution in [3.63, 3.8) is 0 Å². The van der Waals surface area contributed by atoms with Gasteiger partial charge in [-0.3, -0.25) is 9.59 Å². The van der Waals surface area contributed by atoms with E-state index in [1.807, 2.05) is 0 Å². The van der Waals surface area contributed by atoms with Crippen molar-refractivity contribution in [2.24, 2.45) is 0 Å². The van der Waals surface area contributed by atoms with E-state index >= 15 is 0 Å². The highest BCUT2D eigenvalue weighted by Gasteiger charge is 2.15. The number of pyridine rings is 1. The van der Waals surface area contributed by atoms with Gasteiger partial charge in [-0.15, -0.1) is 0 Å². The molecule has 1 aromatic heterocycles. The molecule has 0 atom stereocenters. The molecule has 0 aliphatic heterocycles. The van der Waals surface area contributed by atoms with Crippen molar-refractivity contribution in [3.8, 4) is 0 Å². The predicted molar refractivity (Wildman–Crippen MR) is 48.1 cm³/mol. The fraction of sp³-hybridized carbons (Fsp3) is 0.333. The van der Waals surface area contributed by atoms with Gasteiger partial charge in [-0.2, -0.15) is 0 Å². The number of hydrogen-bond donors (Lipinski definition) is 2. The minimum atomic E-state index is -2.78. The molecule has 0 unspecified atom stereocenters. The summed E-state index contributed by atoms with van der Waals surface area (Å²) in [7, 11) is 0. The zero-order valence-corrected chi connectivity index (χ0v) is 7.88. The average molecular weight is 217 g/mol. The first-order valence-corrected chi connectivity index (χ1v) is 4.14. The molecule has 1 aromatic rings. The molecule has 0 aliphatic carbocycles. The highest BCUT2D eigenvalue weighted by atomic mass is 19.3. The van der Waals surface area contributed by atoms with Crippen molar-refractivity contribution >= 4 is 5.97 Å². The van der Waals surface area contributed by atoms with E-state index in [0.29, 0.717) is 0 Å². The number of carboxylic acid groups (broad SMARTS) is 1. The summed E-state index contributed by atoms with van der Waals surface area (Å²) in [6.45, 7) is 1.27. The summed E-state index contributed by atoms with van der Waals surface area (Å²) in [6.07, 6.45) is -3.25. The summed E-state index contributed by atoms with van der Waals surface area (Å²) in [6, 6.07) is 1.01. The fourth-order valence-corrected chi connectivity index (χ4v) is 1.19. The molecule has 1 rings (SSSR count). The lowest BCUT2D eigenvalue weighted by atomic mass is 10.1. The van der Waals surface area contributed by atoms with Crippen LogP contribution in [0.4, 0.5) is 8.78 Å². The molecular formula is C9H9F2NO3. The summed E-state index contributed by atoms with van der Waals surface area (Å²) in [5, 5.41) is 8.45. The Labute approximate surface area is 83.6 Å². The molecule has 0 radical (unpaired) electrons. The number of H-pyrrole nitrogens is 1. The van der Waals surface area contributed by atoms with E-state index in [-0.39, 0.29) is 11.3 Å². The van der Waals surface area contributed by atoms with Crippen LogP contribution in [0.3, 0.4) is 0 Å². The quantitative estimate of drug-likeness (QED) is 0.800. The molecular weight excluding hydrogens is 208 g/mol. The number of nitrogens with one attached hydrogen (secondary N) is 1. The summed E-state index contributed by atoms with van der Waals surface area (Å²) in [4.78, 5) is 23.7. The third-order valence-corrected chi connectivity index (χ3v) is 1.95. The van der Waals surface area contributed by atoms with Crippen LogP contribution in [0, 0.1) is 6.92 Å².